The Bertz CT molecular complexity index is 1340. The van der Waals surface area contributed by atoms with E-state index in [1.807, 2.05) is 0 Å². The third-order valence-electron chi connectivity index (χ3n) is 4.46. The number of anilines is 1. The summed E-state index contributed by atoms with van der Waals surface area (Å²) in [5.41, 5.74) is 1.53. The third kappa shape index (κ3) is 4.64. The third-order valence-corrected chi connectivity index (χ3v) is 5.91. The second kappa shape index (κ2) is 8.83. The minimum atomic E-state index is -3.76. The first-order valence-corrected chi connectivity index (χ1v) is 11.3. The van der Waals surface area contributed by atoms with E-state index in [2.05, 4.69) is 24.9 Å². The van der Waals surface area contributed by atoms with Gasteiger partial charge in [-0.25, -0.2) is 27.2 Å². The van der Waals surface area contributed by atoms with Crippen LogP contribution < -0.4 is 4.72 Å². The molecule has 0 unspecified atom stereocenters. The van der Waals surface area contributed by atoms with Crippen molar-refractivity contribution < 1.29 is 21.7 Å². The van der Waals surface area contributed by atoms with Crippen LogP contribution in [0.3, 0.4) is 0 Å². The molecule has 0 saturated carbocycles. The van der Waals surface area contributed by atoms with Crippen LogP contribution in [0.2, 0.25) is 0 Å². The Morgan fingerprint density at radius 3 is 2.66 bits per heavy atom. The number of benzene rings is 1. The van der Waals surface area contributed by atoms with Crippen molar-refractivity contribution in [1.82, 2.24) is 24.9 Å². The van der Waals surface area contributed by atoms with E-state index in [-0.39, 0.29) is 23.8 Å². The zero-order valence-electron chi connectivity index (χ0n) is 16.9. The fraction of sp³-hybridized carbons (Fsp3) is 0.200. The van der Waals surface area contributed by atoms with Crippen LogP contribution in [0.25, 0.3) is 22.9 Å². The molecule has 0 saturated heterocycles. The Kier molecular flexibility index (Phi) is 5.95. The van der Waals surface area contributed by atoms with Crippen LogP contribution in [0.1, 0.15) is 18.9 Å². The maximum Gasteiger partial charge on any atom is 0.233 e. The number of aromatic nitrogens is 5. The van der Waals surface area contributed by atoms with E-state index < -0.39 is 27.5 Å². The number of hydrogen-bond donors (Lipinski definition) is 1. The van der Waals surface area contributed by atoms with Gasteiger partial charge >= 0.3 is 0 Å². The van der Waals surface area contributed by atoms with Crippen LogP contribution in [-0.2, 0) is 16.6 Å². The van der Waals surface area contributed by atoms with Gasteiger partial charge < -0.3 is 4.52 Å². The Labute approximate surface area is 182 Å². The summed E-state index contributed by atoms with van der Waals surface area (Å²) in [5.74, 6) is -2.00. The van der Waals surface area contributed by atoms with E-state index in [1.165, 1.54) is 17.0 Å². The SMILES string of the molecule is CCCS(=O)(=O)Nc1nc(-c2cc(-c3ccon3)n(Cc3ccccc3F)n2)ncc1F. The highest BCUT2D eigenvalue weighted by Crippen LogP contribution is 2.26. The summed E-state index contributed by atoms with van der Waals surface area (Å²) in [6, 6.07) is 9.44. The molecule has 0 aliphatic rings. The highest BCUT2D eigenvalue weighted by atomic mass is 32.2. The van der Waals surface area contributed by atoms with Gasteiger partial charge in [0.05, 0.1) is 24.2 Å². The minimum absolute atomic E-state index is 0.0161. The maximum absolute atomic E-state index is 14.2. The lowest BCUT2D eigenvalue weighted by atomic mass is 10.2. The van der Waals surface area contributed by atoms with E-state index in [0.29, 0.717) is 23.4 Å². The molecule has 3 heterocycles. The minimum Gasteiger partial charge on any atom is -0.364 e. The molecule has 0 amide bonds. The van der Waals surface area contributed by atoms with Crippen molar-refractivity contribution in [2.75, 3.05) is 10.5 Å². The van der Waals surface area contributed by atoms with Crippen molar-refractivity contribution in [3.63, 3.8) is 0 Å². The molecule has 0 atom stereocenters. The average molecular weight is 460 g/mol. The number of halogens is 2. The normalized spacial score (nSPS) is 11.6. The molecule has 1 aromatic carbocycles. The summed E-state index contributed by atoms with van der Waals surface area (Å²) >= 11 is 0. The first kappa shape index (κ1) is 21.6. The predicted molar refractivity (Wildman–Crippen MR) is 112 cm³/mol. The number of hydrogen-bond acceptors (Lipinski definition) is 7. The lowest BCUT2D eigenvalue weighted by molar-refractivity contribution is 0.421. The van der Waals surface area contributed by atoms with E-state index in [9.17, 15) is 17.2 Å². The maximum atomic E-state index is 14.2. The van der Waals surface area contributed by atoms with Gasteiger partial charge in [0.2, 0.25) is 10.0 Å². The van der Waals surface area contributed by atoms with E-state index in [1.54, 1.807) is 37.3 Å². The fourth-order valence-corrected chi connectivity index (χ4v) is 4.09. The van der Waals surface area contributed by atoms with E-state index in [0.717, 1.165) is 6.20 Å². The topological polar surface area (TPSA) is 116 Å². The fourth-order valence-electron chi connectivity index (χ4n) is 3.01. The number of nitrogens with zero attached hydrogens (tertiary/aromatic N) is 5. The van der Waals surface area contributed by atoms with Gasteiger partial charge in [-0.2, -0.15) is 5.10 Å². The highest BCUT2D eigenvalue weighted by Gasteiger charge is 2.20. The Morgan fingerprint density at radius 1 is 1.12 bits per heavy atom. The van der Waals surface area contributed by atoms with Crippen molar-refractivity contribution >= 4 is 15.8 Å². The average Bonchev–Trinajstić information content (AvgIpc) is 3.41. The Morgan fingerprint density at radius 2 is 1.94 bits per heavy atom. The lowest BCUT2D eigenvalue weighted by Crippen LogP contribution is -2.18. The van der Waals surface area contributed by atoms with Crippen LogP contribution in [0.5, 0.6) is 0 Å². The number of rotatable bonds is 8. The van der Waals surface area contributed by atoms with Gasteiger partial charge in [0, 0.05) is 11.6 Å². The van der Waals surface area contributed by atoms with Crippen molar-refractivity contribution in [2.45, 2.75) is 19.9 Å². The molecule has 0 aliphatic carbocycles. The van der Waals surface area contributed by atoms with Crippen molar-refractivity contribution in [3.05, 3.63) is 66.1 Å². The number of nitrogens with one attached hydrogen (secondary N) is 1. The molecule has 32 heavy (non-hydrogen) atoms. The highest BCUT2D eigenvalue weighted by molar-refractivity contribution is 7.92. The van der Waals surface area contributed by atoms with E-state index >= 15 is 0 Å². The largest absolute Gasteiger partial charge is 0.364 e. The number of sulfonamides is 1. The summed E-state index contributed by atoms with van der Waals surface area (Å²) in [4.78, 5) is 7.93. The summed E-state index contributed by atoms with van der Waals surface area (Å²) < 4.78 is 60.9. The monoisotopic (exact) mass is 460 g/mol. The van der Waals surface area contributed by atoms with Gasteiger partial charge in [-0.3, -0.25) is 9.40 Å². The zero-order chi connectivity index (χ0) is 22.7. The summed E-state index contributed by atoms with van der Waals surface area (Å²) in [7, 11) is -3.76. The molecule has 0 fully saturated rings. The first-order valence-electron chi connectivity index (χ1n) is 9.61. The molecule has 0 spiro atoms. The van der Waals surface area contributed by atoms with Gasteiger partial charge in [0.15, 0.2) is 17.5 Å². The van der Waals surface area contributed by atoms with Crippen LogP contribution in [-0.4, -0.2) is 39.1 Å². The lowest BCUT2D eigenvalue weighted by Gasteiger charge is -2.08. The summed E-state index contributed by atoms with van der Waals surface area (Å²) in [6.45, 7) is 1.76. The predicted octanol–water partition coefficient (Wildman–Crippen LogP) is 3.47. The molecular formula is C20H18F2N6O3S. The Balaban J connectivity index is 1.75. The summed E-state index contributed by atoms with van der Waals surface area (Å²) in [6.07, 6.45) is 2.60. The van der Waals surface area contributed by atoms with Crippen molar-refractivity contribution in [3.8, 4) is 22.9 Å². The molecule has 12 heteroatoms. The van der Waals surface area contributed by atoms with Gasteiger partial charge in [0.1, 0.15) is 23.5 Å². The zero-order valence-corrected chi connectivity index (χ0v) is 17.7. The molecule has 9 nitrogen and oxygen atoms in total. The van der Waals surface area contributed by atoms with E-state index in [4.69, 9.17) is 4.52 Å². The first-order chi connectivity index (χ1) is 15.4. The van der Waals surface area contributed by atoms with Gasteiger partial charge in [-0.05, 0) is 18.6 Å². The molecule has 166 valence electrons. The van der Waals surface area contributed by atoms with Crippen LogP contribution >= 0.6 is 0 Å². The molecular weight excluding hydrogens is 442 g/mol. The second-order valence-electron chi connectivity index (χ2n) is 6.86. The molecule has 3 aromatic heterocycles. The standard InChI is InChI=1S/C20H18F2N6O3S/c1-2-9-32(29,30)27-19-15(22)11-23-20(24-19)17-10-18(16-7-8-31-26-16)28(25-17)12-13-5-3-4-6-14(13)21/h3-8,10-11H,2,9,12H2,1H3,(H,23,24,27). The quantitative estimate of drug-likeness (QED) is 0.428. The van der Waals surface area contributed by atoms with Crippen LogP contribution in [0, 0.1) is 11.6 Å². The summed E-state index contributed by atoms with van der Waals surface area (Å²) in [5, 5.41) is 8.32. The van der Waals surface area contributed by atoms with Crippen molar-refractivity contribution in [1.29, 1.82) is 0 Å². The van der Waals surface area contributed by atoms with Gasteiger partial charge in [-0.15, -0.1) is 0 Å². The molecule has 4 aromatic rings. The van der Waals surface area contributed by atoms with Gasteiger partial charge in [-0.1, -0.05) is 30.3 Å². The van der Waals surface area contributed by atoms with Gasteiger partial charge in [0.25, 0.3) is 0 Å². The van der Waals surface area contributed by atoms with Crippen LogP contribution in [0.4, 0.5) is 14.6 Å². The van der Waals surface area contributed by atoms with Crippen LogP contribution in [0.15, 0.2) is 53.4 Å². The van der Waals surface area contributed by atoms with Crippen molar-refractivity contribution in [2.24, 2.45) is 0 Å². The Hall–Kier alpha value is -3.67. The molecule has 0 bridgehead atoms. The smallest absolute Gasteiger partial charge is 0.233 e. The molecule has 0 aliphatic heterocycles. The second-order valence-corrected chi connectivity index (χ2v) is 8.70. The molecule has 4 rings (SSSR count). The molecule has 0 radical (unpaired) electrons. The molecule has 1 N–H and O–H groups in total.